The third-order valence-electron chi connectivity index (χ3n) is 5.64. The largest absolute Gasteiger partial charge is 0.493 e. The van der Waals surface area contributed by atoms with Crippen molar-refractivity contribution >= 4 is 40.0 Å². The molecule has 1 aliphatic heterocycles. The molecule has 8 nitrogen and oxygen atoms in total. The van der Waals surface area contributed by atoms with Gasteiger partial charge >= 0.3 is 0 Å². The van der Waals surface area contributed by atoms with Crippen molar-refractivity contribution in [3.8, 4) is 5.88 Å². The third-order valence-corrected chi connectivity index (χ3v) is 5.64. The Balaban J connectivity index is 1.40. The maximum absolute atomic E-state index is 12.6. The molecule has 2 heterocycles. The Kier molecular flexibility index (Phi) is 4.82. The summed E-state index contributed by atoms with van der Waals surface area (Å²) in [7, 11) is 0. The number of carbonyl (C=O) groups excluding carboxylic acids is 3. The number of para-hydroxylation sites is 1. The van der Waals surface area contributed by atoms with E-state index >= 15 is 0 Å². The van der Waals surface area contributed by atoms with Crippen LogP contribution in [0.25, 0.3) is 10.9 Å². The number of anilines is 1. The summed E-state index contributed by atoms with van der Waals surface area (Å²) >= 11 is 0. The molecule has 0 unspecified atom stereocenters. The van der Waals surface area contributed by atoms with E-state index in [2.05, 4.69) is 10.2 Å². The number of amides is 3. The molecule has 0 fully saturated rings. The van der Waals surface area contributed by atoms with Gasteiger partial charge in [0.15, 0.2) is 5.69 Å². The number of benzene rings is 3. The summed E-state index contributed by atoms with van der Waals surface area (Å²) in [6.07, 6.45) is 0. The minimum absolute atomic E-state index is 0.0591. The summed E-state index contributed by atoms with van der Waals surface area (Å²) in [6.45, 7) is 2.43. The van der Waals surface area contributed by atoms with Crippen LogP contribution >= 0.6 is 0 Å². The molecule has 4 aromatic rings. The molecule has 0 aliphatic carbocycles. The van der Waals surface area contributed by atoms with Crippen molar-refractivity contribution in [1.82, 2.24) is 4.57 Å². The van der Waals surface area contributed by atoms with E-state index in [0.717, 1.165) is 10.4 Å². The van der Waals surface area contributed by atoms with Crippen LogP contribution in [0.1, 0.15) is 38.0 Å². The first-order valence-electron chi connectivity index (χ1n) is 10.4. The number of imide groups is 1. The highest BCUT2D eigenvalue weighted by Gasteiger charge is 2.36. The van der Waals surface area contributed by atoms with Crippen LogP contribution in [0.4, 0.5) is 11.4 Å². The number of nitrogens with zero attached hydrogens (tertiary/aromatic N) is 4. The molecule has 8 heteroatoms. The number of carbonyl (C=O) groups is 3. The lowest BCUT2D eigenvalue weighted by Gasteiger charge is -2.13. The minimum Gasteiger partial charge on any atom is -0.493 e. The van der Waals surface area contributed by atoms with Gasteiger partial charge in [-0.05, 0) is 49.4 Å². The number of hydrogen-bond acceptors (Lipinski definition) is 5. The van der Waals surface area contributed by atoms with Gasteiger partial charge in [-0.25, -0.2) is 4.90 Å². The van der Waals surface area contributed by atoms with Gasteiger partial charge in [0, 0.05) is 17.5 Å². The molecule has 5 rings (SSSR count). The van der Waals surface area contributed by atoms with Gasteiger partial charge in [-0.1, -0.05) is 30.3 Å². The van der Waals surface area contributed by atoms with Crippen molar-refractivity contribution in [2.24, 2.45) is 10.2 Å². The van der Waals surface area contributed by atoms with Crippen LogP contribution in [0.5, 0.6) is 5.88 Å². The molecular weight excluding hydrogens is 420 g/mol. The number of hydrogen-bond donors (Lipinski definition) is 1. The fraction of sp³-hybridized carbons (Fsp3) is 0.0800. The highest BCUT2D eigenvalue weighted by molar-refractivity contribution is 6.34. The molecular formula is C25H18N4O4. The Labute approximate surface area is 188 Å². The second kappa shape index (κ2) is 7.83. The Hall–Kier alpha value is -4.59. The second-order valence-electron chi connectivity index (χ2n) is 7.48. The molecule has 0 saturated heterocycles. The van der Waals surface area contributed by atoms with Crippen LogP contribution in [0.15, 0.2) is 83.0 Å². The zero-order valence-electron chi connectivity index (χ0n) is 17.6. The molecule has 0 spiro atoms. The Morgan fingerprint density at radius 2 is 1.48 bits per heavy atom. The Morgan fingerprint density at radius 3 is 2.12 bits per heavy atom. The number of rotatable bonds is 4. The van der Waals surface area contributed by atoms with E-state index in [4.69, 9.17) is 0 Å². The van der Waals surface area contributed by atoms with Crippen molar-refractivity contribution in [2.45, 2.75) is 13.5 Å². The normalized spacial score (nSPS) is 13.3. The van der Waals surface area contributed by atoms with E-state index in [1.54, 1.807) is 34.9 Å². The van der Waals surface area contributed by atoms with Gasteiger partial charge in [-0.2, -0.15) is 0 Å². The zero-order valence-corrected chi connectivity index (χ0v) is 17.6. The molecule has 1 aromatic heterocycles. The number of aromatic nitrogens is 1. The Bertz CT molecular complexity index is 1430. The van der Waals surface area contributed by atoms with Gasteiger partial charge in [-0.15, -0.1) is 10.2 Å². The summed E-state index contributed by atoms with van der Waals surface area (Å²) < 4.78 is 1.69. The molecule has 33 heavy (non-hydrogen) atoms. The topological polar surface area (TPSA) is 104 Å². The first kappa shape index (κ1) is 20.3. The van der Waals surface area contributed by atoms with Crippen molar-refractivity contribution in [2.75, 3.05) is 4.90 Å². The van der Waals surface area contributed by atoms with Gasteiger partial charge in [0.05, 0.1) is 22.3 Å². The van der Waals surface area contributed by atoms with Gasteiger partial charge < -0.3 is 9.67 Å². The maximum Gasteiger partial charge on any atom is 0.295 e. The molecule has 3 amide bonds. The van der Waals surface area contributed by atoms with Crippen LogP contribution in [-0.4, -0.2) is 27.4 Å². The molecule has 0 saturated carbocycles. The lowest BCUT2D eigenvalue weighted by molar-refractivity contribution is 0.0925. The fourth-order valence-electron chi connectivity index (χ4n) is 4.02. The summed E-state index contributed by atoms with van der Waals surface area (Å²) in [6, 6.07) is 20.0. The smallest absolute Gasteiger partial charge is 0.295 e. The number of azo groups is 1. The maximum atomic E-state index is 12.6. The highest BCUT2D eigenvalue weighted by atomic mass is 16.3. The van der Waals surface area contributed by atoms with E-state index in [-0.39, 0.29) is 17.1 Å². The molecule has 1 aliphatic rings. The van der Waals surface area contributed by atoms with E-state index in [0.29, 0.717) is 28.7 Å². The molecule has 0 radical (unpaired) electrons. The van der Waals surface area contributed by atoms with E-state index in [1.807, 2.05) is 25.1 Å². The Morgan fingerprint density at radius 1 is 0.879 bits per heavy atom. The average molecular weight is 438 g/mol. The highest BCUT2D eigenvalue weighted by Crippen LogP contribution is 2.38. The van der Waals surface area contributed by atoms with Crippen LogP contribution in [0.2, 0.25) is 0 Å². The number of aryl methyl sites for hydroxylation is 1. The van der Waals surface area contributed by atoms with Crippen LogP contribution < -0.4 is 4.90 Å². The number of fused-ring (bicyclic) bond motifs is 2. The predicted octanol–water partition coefficient (Wildman–Crippen LogP) is 5.09. The second-order valence-corrected chi connectivity index (χ2v) is 7.48. The van der Waals surface area contributed by atoms with E-state index in [1.165, 1.54) is 24.3 Å². The monoisotopic (exact) mass is 438 g/mol. The van der Waals surface area contributed by atoms with Gasteiger partial charge in [0.1, 0.15) is 0 Å². The lowest BCUT2D eigenvalue weighted by Crippen LogP contribution is -2.29. The average Bonchev–Trinajstić information content (AvgIpc) is 3.27. The van der Waals surface area contributed by atoms with E-state index in [9.17, 15) is 19.5 Å². The van der Waals surface area contributed by atoms with Crippen molar-refractivity contribution < 1.29 is 19.5 Å². The molecule has 0 bridgehead atoms. The summed E-state index contributed by atoms with van der Waals surface area (Å²) in [4.78, 5) is 38.9. The summed E-state index contributed by atoms with van der Waals surface area (Å²) in [5.41, 5.74) is 2.31. The van der Waals surface area contributed by atoms with Crippen LogP contribution in [0.3, 0.4) is 0 Å². The first-order chi connectivity index (χ1) is 16.0. The van der Waals surface area contributed by atoms with Crippen molar-refractivity contribution in [1.29, 1.82) is 0 Å². The van der Waals surface area contributed by atoms with Crippen molar-refractivity contribution in [3.05, 3.63) is 89.5 Å². The van der Waals surface area contributed by atoms with Gasteiger partial charge in [0.25, 0.3) is 17.7 Å². The summed E-state index contributed by atoms with van der Waals surface area (Å²) in [5.74, 6) is -1.48. The first-order valence-corrected chi connectivity index (χ1v) is 10.4. The van der Waals surface area contributed by atoms with Gasteiger partial charge in [0.2, 0.25) is 5.88 Å². The SMILES string of the molecule is CCn1c(O)c(N=NC(=O)c2ccc(N3C(=O)c4ccccc4C3=O)cc2)c2ccccc21. The van der Waals surface area contributed by atoms with E-state index < -0.39 is 17.7 Å². The standard InChI is InChI=1S/C25H18N4O4/c1-2-28-20-10-6-5-9-19(20)21(25(28)33)26-27-22(30)15-11-13-16(14-12-15)29-23(31)17-7-3-4-8-18(17)24(29)32/h3-14,33H,2H2,1H3. The fourth-order valence-corrected chi connectivity index (χ4v) is 4.02. The molecule has 0 atom stereocenters. The predicted molar refractivity (Wildman–Crippen MR) is 122 cm³/mol. The molecule has 1 N–H and O–H groups in total. The quantitative estimate of drug-likeness (QED) is 0.354. The number of aromatic hydroxyl groups is 1. The van der Waals surface area contributed by atoms with Crippen molar-refractivity contribution in [3.63, 3.8) is 0 Å². The molecule has 3 aromatic carbocycles. The van der Waals surface area contributed by atoms with Crippen LogP contribution in [0, 0.1) is 0 Å². The lowest BCUT2D eigenvalue weighted by atomic mass is 10.1. The summed E-state index contributed by atoms with van der Waals surface area (Å²) in [5, 5.41) is 19.0. The third kappa shape index (κ3) is 3.20. The van der Waals surface area contributed by atoms with Gasteiger partial charge in [-0.3, -0.25) is 14.4 Å². The zero-order chi connectivity index (χ0) is 23.1. The molecule has 162 valence electrons. The minimum atomic E-state index is -0.614. The van der Waals surface area contributed by atoms with Crippen LogP contribution in [-0.2, 0) is 6.54 Å².